The number of hydrogen-bond acceptors (Lipinski definition) is 9. The van der Waals surface area contributed by atoms with Gasteiger partial charge in [-0.25, -0.2) is 14.8 Å². The maximum Gasteiger partial charge on any atom is 0.413 e. The van der Waals surface area contributed by atoms with Crippen molar-refractivity contribution >= 4 is 34.1 Å². The van der Waals surface area contributed by atoms with Crippen LogP contribution < -0.4 is 21.1 Å². The maximum absolute atomic E-state index is 12.4. The van der Waals surface area contributed by atoms with Gasteiger partial charge in [0.05, 0.1) is 24.5 Å². The Bertz CT molecular complexity index is 1340. The van der Waals surface area contributed by atoms with Crippen molar-refractivity contribution in [3.8, 4) is 23.1 Å². The molecule has 10 heteroatoms. The van der Waals surface area contributed by atoms with E-state index in [9.17, 15) is 10.1 Å². The normalized spacial score (nSPS) is 19.0. The molecule has 2 aliphatic rings. The Hall–Kier alpha value is -4.10. The summed E-state index contributed by atoms with van der Waals surface area (Å²) in [6, 6.07) is 5.78. The predicted octanol–water partition coefficient (Wildman–Crippen LogP) is 3.45. The highest BCUT2D eigenvalue weighted by Crippen LogP contribution is 2.40. The lowest BCUT2D eigenvalue weighted by Gasteiger charge is -2.22. The number of rotatable bonds is 3. The number of aromatic nitrogens is 2. The summed E-state index contributed by atoms with van der Waals surface area (Å²) in [7, 11) is 0. The second-order valence-electron chi connectivity index (χ2n) is 8.45. The smallest absolute Gasteiger partial charge is 0.413 e. The number of nitriles is 1. The van der Waals surface area contributed by atoms with Crippen LogP contribution in [-0.4, -0.2) is 48.5 Å². The Morgan fingerprint density at radius 2 is 2.15 bits per heavy atom. The fraction of sp³-hybridized carbons (Fsp3) is 0.333. The van der Waals surface area contributed by atoms with Gasteiger partial charge in [-0.3, -0.25) is 5.32 Å². The molecule has 2 unspecified atom stereocenters. The number of nitrogen functional groups attached to an aromatic ring is 1. The predicted molar refractivity (Wildman–Crippen MR) is 127 cm³/mol. The van der Waals surface area contributed by atoms with Gasteiger partial charge in [-0.15, -0.1) is 0 Å². The molecule has 2 aliphatic heterocycles. The van der Waals surface area contributed by atoms with E-state index >= 15 is 0 Å². The van der Waals surface area contributed by atoms with Crippen LogP contribution in [0.3, 0.4) is 0 Å². The SMILES string of the molecule is Cc1c(-c2cc3cc(NC(=O)OC4COCC4C)ncc3c(N)c2C#N)cnc2c1NCCO2. The third kappa shape index (κ3) is 3.80. The van der Waals surface area contributed by atoms with Crippen molar-refractivity contribution in [1.29, 1.82) is 5.26 Å². The van der Waals surface area contributed by atoms with Crippen molar-refractivity contribution in [2.75, 3.05) is 42.7 Å². The number of nitrogens with two attached hydrogens (primary N) is 1. The van der Waals surface area contributed by atoms with Gasteiger partial charge in [0.15, 0.2) is 0 Å². The molecule has 34 heavy (non-hydrogen) atoms. The van der Waals surface area contributed by atoms with Crippen molar-refractivity contribution in [3.63, 3.8) is 0 Å². The molecule has 0 spiro atoms. The molecule has 174 valence electrons. The fourth-order valence-corrected chi connectivity index (χ4v) is 4.28. The molecule has 1 aromatic carbocycles. The number of amides is 1. The molecule has 10 nitrogen and oxygen atoms in total. The molecule has 1 amide bonds. The van der Waals surface area contributed by atoms with Gasteiger partial charge in [-0.1, -0.05) is 6.92 Å². The van der Waals surface area contributed by atoms with E-state index in [2.05, 4.69) is 26.7 Å². The Balaban J connectivity index is 1.52. The van der Waals surface area contributed by atoms with Gasteiger partial charge in [0.2, 0.25) is 5.88 Å². The number of nitrogens with zero attached hydrogens (tertiary/aromatic N) is 3. The molecule has 4 heterocycles. The third-order valence-electron chi connectivity index (χ3n) is 6.20. The minimum atomic E-state index is -0.600. The molecular weight excluding hydrogens is 436 g/mol. The van der Waals surface area contributed by atoms with Crippen LogP contribution in [0, 0.1) is 24.2 Å². The van der Waals surface area contributed by atoms with Crippen molar-refractivity contribution in [1.82, 2.24) is 9.97 Å². The number of nitrogens with one attached hydrogen (secondary N) is 2. The number of fused-ring (bicyclic) bond motifs is 2. The molecule has 0 radical (unpaired) electrons. The Morgan fingerprint density at radius 1 is 1.29 bits per heavy atom. The van der Waals surface area contributed by atoms with Gasteiger partial charge < -0.3 is 25.3 Å². The van der Waals surface area contributed by atoms with Crippen molar-refractivity contribution in [3.05, 3.63) is 35.7 Å². The number of anilines is 3. The summed E-state index contributed by atoms with van der Waals surface area (Å²) in [5.41, 5.74) is 10.2. The first-order valence-electron chi connectivity index (χ1n) is 11.0. The zero-order chi connectivity index (χ0) is 23.8. The van der Waals surface area contributed by atoms with Gasteiger partial charge in [-0.05, 0) is 30.0 Å². The zero-order valence-electron chi connectivity index (χ0n) is 18.8. The largest absolute Gasteiger partial charge is 0.474 e. The van der Waals surface area contributed by atoms with Crippen LogP contribution in [0.5, 0.6) is 5.88 Å². The van der Waals surface area contributed by atoms with Crippen LogP contribution in [0.2, 0.25) is 0 Å². The van der Waals surface area contributed by atoms with E-state index in [1.54, 1.807) is 18.5 Å². The summed E-state index contributed by atoms with van der Waals surface area (Å²) in [5.74, 6) is 0.987. The molecule has 0 saturated carbocycles. The summed E-state index contributed by atoms with van der Waals surface area (Å²) in [5, 5.41) is 17.2. The number of ether oxygens (including phenoxy) is 3. The van der Waals surface area contributed by atoms with Crippen LogP contribution in [-0.2, 0) is 9.47 Å². The molecule has 4 N–H and O–H groups in total. The lowest BCUT2D eigenvalue weighted by Crippen LogP contribution is -2.27. The van der Waals surface area contributed by atoms with E-state index in [-0.39, 0.29) is 12.0 Å². The van der Waals surface area contributed by atoms with E-state index in [0.717, 1.165) is 22.2 Å². The van der Waals surface area contributed by atoms with Crippen molar-refractivity contribution < 1.29 is 19.0 Å². The molecule has 5 rings (SSSR count). The fourth-order valence-electron chi connectivity index (χ4n) is 4.28. The molecule has 2 aromatic heterocycles. The summed E-state index contributed by atoms with van der Waals surface area (Å²) in [6.07, 6.45) is 2.33. The zero-order valence-corrected chi connectivity index (χ0v) is 18.8. The molecule has 1 saturated heterocycles. The minimum Gasteiger partial charge on any atom is -0.474 e. The Kier molecular flexibility index (Phi) is 5.55. The third-order valence-corrected chi connectivity index (χ3v) is 6.20. The first-order valence-corrected chi connectivity index (χ1v) is 11.0. The summed E-state index contributed by atoms with van der Waals surface area (Å²) in [4.78, 5) is 21.1. The maximum atomic E-state index is 12.4. The minimum absolute atomic E-state index is 0.135. The monoisotopic (exact) mass is 460 g/mol. The topological polar surface area (TPSA) is 144 Å². The van der Waals surface area contributed by atoms with Gasteiger partial charge in [0, 0.05) is 41.4 Å². The second-order valence-corrected chi connectivity index (χ2v) is 8.45. The highest BCUT2D eigenvalue weighted by molar-refractivity contribution is 6.02. The van der Waals surface area contributed by atoms with Gasteiger partial charge >= 0.3 is 6.09 Å². The molecule has 0 aliphatic carbocycles. The van der Waals surface area contributed by atoms with Gasteiger partial charge in [0.1, 0.15) is 30.3 Å². The van der Waals surface area contributed by atoms with Crippen molar-refractivity contribution in [2.45, 2.75) is 20.0 Å². The van der Waals surface area contributed by atoms with Gasteiger partial charge in [-0.2, -0.15) is 5.26 Å². The molecular formula is C24H24N6O4. The number of carbonyl (C=O) groups excluding carboxylic acids is 1. The average molecular weight is 460 g/mol. The highest BCUT2D eigenvalue weighted by atomic mass is 16.6. The summed E-state index contributed by atoms with van der Waals surface area (Å²) < 4.78 is 16.4. The number of carbonyl (C=O) groups is 1. The lowest BCUT2D eigenvalue weighted by atomic mass is 9.93. The molecule has 0 bridgehead atoms. The van der Waals surface area contributed by atoms with Crippen molar-refractivity contribution in [2.24, 2.45) is 5.92 Å². The van der Waals surface area contributed by atoms with Crippen LogP contribution in [0.1, 0.15) is 18.1 Å². The second kappa shape index (κ2) is 8.68. The number of benzene rings is 1. The average Bonchev–Trinajstić information content (AvgIpc) is 3.23. The molecule has 1 fully saturated rings. The standard InChI is InChI=1S/C24H24N6O4/c1-12-10-32-11-19(12)34-24(31)30-20-6-14-5-15(16(7-25)21(26)18(14)9-28-20)17-8-29-23-22(13(17)2)27-3-4-33-23/h5-6,8-9,12,19,27H,3-4,10-11,26H2,1-2H3,(H,28,30,31). The van der Waals surface area contributed by atoms with Crippen LogP contribution in [0.15, 0.2) is 24.5 Å². The first-order chi connectivity index (χ1) is 16.5. The lowest BCUT2D eigenvalue weighted by molar-refractivity contribution is 0.0843. The first kappa shape index (κ1) is 21.7. The van der Waals surface area contributed by atoms with Crippen LogP contribution >= 0.6 is 0 Å². The van der Waals surface area contributed by atoms with E-state index in [1.165, 1.54) is 0 Å². The molecule has 2 atom stereocenters. The van der Waals surface area contributed by atoms with E-state index in [4.69, 9.17) is 19.9 Å². The summed E-state index contributed by atoms with van der Waals surface area (Å²) in [6.45, 7) is 6.08. The Morgan fingerprint density at radius 3 is 2.91 bits per heavy atom. The van der Waals surface area contributed by atoms with Crippen LogP contribution in [0.4, 0.5) is 22.0 Å². The van der Waals surface area contributed by atoms with E-state index < -0.39 is 6.09 Å². The van der Waals surface area contributed by atoms with Gasteiger partial charge in [0.25, 0.3) is 0 Å². The van der Waals surface area contributed by atoms with E-state index in [1.807, 2.05) is 19.9 Å². The molecule has 3 aromatic rings. The quantitative estimate of drug-likeness (QED) is 0.500. The highest BCUT2D eigenvalue weighted by Gasteiger charge is 2.28. The van der Waals surface area contributed by atoms with E-state index in [0.29, 0.717) is 60.3 Å². The Labute approximate surface area is 196 Å². The summed E-state index contributed by atoms with van der Waals surface area (Å²) >= 11 is 0. The van der Waals surface area contributed by atoms with Crippen LogP contribution in [0.25, 0.3) is 21.9 Å². The number of pyridine rings is 2. The number of hydrogen-bond donors (Lipinski definition) is 3.